The zero-order valence-electron chi connectivity index (χ0n) is 15.2. The molecule has 0 spiro atoms. The normalized spacial score (nSPS) is 26.0. The molecule has 0 bridgehead atoms. The molecule has 140 valence electrons. The number of aryl methyl sites for hydroxylation is 1. The van der Waals surface area contributed by atoms with Gasteiger partial charge in [-0.3, -0.25) is 9.80 Å². The lowest BCUT2D eigenvalue weighted by Gasteiger charge is -2.43. The van der Waals surface area contributed by atoms with Crippen LogP contribution in [0.3, 0.4) is 0 Å². The summed E-state index contributed by atoms with van der Waals surface area (Å²) >= 11 is 0. The molecular formula is C20H26N2O3S. The van der Waals surface area contributed by atoms with Gasteiger partial charge in [0.15, 0.2) is 9.84 Å². The maximum Gasteiger partial charge on any atom is 0.153 e. The van der Waals surface area contributed by atoms with Crippen LogP contribution < -0.4 is 0 Å². The second-order valence-corrected chi connectivity index (χ2v) is 9.62. The first-order chi connectivity index (χ1) is 12.5. The molecule has 5 nitrogen and oxygen atoms in total. The quantitative estimate of drug-likeness (QED) is 0.802. The van der Waals surface area contributed by atoms with E-state index in [2.05, 4.69) is 34.1 Å². The van der Waals surface area contributed by atoms with Crippen molar-refractivity contribution in [3.63, 3.8) is 0 Å². The Balaban J connectivity index is 1.46. The fourth-order valence-electron chi connectivity index (χ4n) is 4.26. The highest BCUT2D eigenvalue weighted by molar-refractivity contribution is 7.91. The first-order valence-electron chi connectivity index (χ1n) is 9.28. The van der Waals surface area contributed by atoms with E-state index in [0.717, 1.165) is 37.6 Å². The Morgan fingerprint density at radius 3 is 2.38 bits per heavy atom. The summed E-state index contributed by atoms with van der Waals surface area (Å²) in [4.78, 5) is 4.68. The van der Waals surface area contributed by atoms with Crippen molar-refractivity contribution in [3.8, 4) is 0 Å². The summed E-state index contributed by atoms with van der Waals surface area (Å²) in [6, 6.07) is 14.5. The van der Waals surface area contributed by atoms with Crippen molar-refractivity contribution in [2.45, 2.75) is 32.0 Å². The van der Waals surface area contributed by atoms with Crippen LogP contribution in [-0.4, -0.2) is 61.4 Å². The van der Waals surface area contributed by atoms with Gasteiger partial charge in [0.2, 0.25) is 0 Å². The molecule has 26 heavy (non-hydrogen) atoms. The van der Waals surface area contributed by atoms with Crippen LogP contribution in [0.1, 0.15) is 17.1 Å². The number of furan rings is 1. The van der Waals surface area contributed by atoms with Crippen molar-refractivity contribution >= 4 is 9.84 Å². The number of hydrogen-bond acceptors (Lipinski definition) is 5. The van der Waals surface area contributed by atoms with Crippen molar-refractivity contribution in [1.29, 1.82) is 0 Å². The van der Waals surface area contributed by atoms with Gasteiger partial charge in [0.05, 0.1) is 18.1 Å². The molecule has 2 aromatic rings. The van der Waals surface area contributed by atoms with Gasteiger partial charge in [-0.15, -0.1) is 0 Å². The highest BCUT2D eigenvalue weighted by atomic mass is 32.2. The van der Waals surface area contributed by atoms with Crippen LogP contribution in [0.2, 0.25) is 0 Å². The first kappa shape index (κ1) is 17.8. The maximum atomic E-state index is 12.3. The van der Waals surface area contributed by atoms with Crippen LogP contribution in [0.4, 0.5) is 0 Å². The summed E-state index contributed by atoms with van der Waals surface area (Å²) in [6.07, 6.45) is 0.960. The minimum atomic E-state index is -2.98. The third-order valence-electron chi connectivity index (χ3n) is 5.59. The van der Waals surface area contributed by atoms with Crippen molar-refractivity contribution in [2.75, 3.05) is 31.1 Å². The monoisotopic (exact) mass is 374 g/mol. The molecule has 1 aromatic heterocycles. The molecule has 2 fully saturated rings. The average molecular weight is 375 g/mol. The molecule has 0 amide bonds. The van der Waals surface area contributed by atoms with Gasteiger partial charge < -0.3 is 4.42 Å². The predicted octanol–water partition coefficient (Wildman–Crippen LogP) is 2.11. The minimum Gasteiger partial charge on any atom is -0.465 e. The van der Waals surface area contributed by atoms with E-state index in [1.54, 1.807) is 0 Å². The van der Waals surface area contributed by atoms with E-state index in [-0.39, 0.29) is 23.6 Å². The number of hydrogen-bond donors (Lipinski definition) is 0. The van der Waals surface area contributed by atoms with E-state index in [9.17, 15) is 8.42 Å². The lowest BCUT2D eigenvalue weighted by Crippen LogP contribution is -2.58. The Morgan fingerprint density at radius 2 is 1.69 bits per heavy atom. The second-order valence-electron chi connectivity index (χ2n) is 7.47. The Hall–Kier alpha value is -1.63. The zero-order chi connectivity index (χ0) is 18.1. The van der Waals surface area contributed by atoms with E-state index in [1.807, 2.05) is 25.1 Å². The second kappa shape index (κ2) is 7.18. The summed E-state index contributed by atoms with van der Waals surface area (Å²) < 4.78 is 30.4. The van der Waals surface area contributed by atoms with Crippen LogP contribution in [-0.2, 0) is 22.8 Å². The van der Waals surface area contributed by atoms with E-state index >= 15 is 0 Å². The summed E-state index contributed by atoms with van der Waals surface area (Å²) in [5, 5.41) is 0. The van der Waals surface area contributed by atoms with Gasteiger partial charge in [-0.05, 0) is 31.0 Å². The smallest absolute Gasteiger partial charge is 0.153 e. The number of piperazine rings is 1. The molecule has 0 N–H and O–H groups in total. The molecule has 2 atom stereocenters. The predicted molar refractivity (Wildman–Crippen MR) is 102 cm³/mol. The highest BCUT2D eigenvalue weighted by Gasteiger charge is 2.46. The number of fused-ring (bicyclic) bond motifs is 1. The minimum absolute atomic E-state index is 0.0647. The van der Waals surface area contributed by atoms with E-state index in [4.69, 9.17) is 4.42 Å². The molecule has 2 saturated heterocycles. The van der Waals surface area contributed by atoms with Crippen molar-refractivity contribution in [1.82, 2.24) is 9.80 Å². The first-order valence-corrected chi connectivity index (χ1v) is 11.1. The lowest BCUT2D eigenvalue weighted by atomic mass is 10.0. The van der Waals surface area contributed by atoms with Gasteiger partial charge in [-0.25, -0.2) is 8.42 Å². The number of rotatable bonds is 5. The number of nitrogens with zero attached hydrogens (tertiary/aromatic N) is 2. The Bertz CT molecular complexity index is 847. The molecule has 6 heteroatoms. The molecule has 1 aromatic carbocycles. The van der Waals surface area contributed by atoms with Gasteiger partial charge in [0.25, 0.3) is 0 Å². The SMILES string of the molecule is Cc1ccc(CN2CCN(CCc3ccccc3)[C@@H]3CS(=O)(=O)C[C@@H]32)o1. The third-order valence-corrected chi connectivity index (χ3v) is 7.29. The standard InChI is InChI=1S/C20H26N2O3S/c1-16-7-8-18(25-16)13-22-12-11-21(10-9-17-5-3-2-4-6-17)19-14-26(23,24)15-20(19)22/h2-8,19-20H,9-15H2,1H3/t19-,20+/m1/s1. The molecule has 2 aliphatic heterocycles. The molecule has 3 heterocycles. The Morgan fingerprint density at radius 1 is 1.00 bits per heavy atom. The highest BCUT2D eigenvalue weighted by Crippen LogP contribution is 2.28. The van der Waals surface area contributed by atoms with Crippen LogP contribution >= 0.6 is 0 Å². The van der Waals surface area contributed by atoms with E-state index in [1.165, 1.54) is 5.56 Å². The zero-order valence-corrected chi connectivity index (χ0v) is 16.0. The largest absolute Gasteiger partial charge is 0.465 e. The van der Waals surface area contributed by atoms with Gasteiger partial charge in [-0.1, -0.05) is 30.3 Å². The fraction of sp³-hybridized carbons (Fsp3) is 0.500. The van der Waals surface area contributed by atoms with Gasteiger partial charge >= 0.3 is 0 Å². The van der Waals surface area contributed by atoms with Crippen molar-refractivity contribution in [3.05, 3.63) is 59.5 Å². The van der Waals surface area contributed by atoms with Crippen LogP contribution in [0.15, 0.2) is 46.9 Å². The van der Waals surface area contributed by atoms with E-state index in [0.29, 0.717) is 6.54 Å². The van der Waals surface area contributed by atoms with Crippen LogP contribution in [0.25, 0.3) is 0 Å². The molecular weight excluding hydrogens is 348 g/mol. The molecule has 0 unspecified atom stereocenters. The number of sulfone groups is 1. The number of benzene rings is 1. The van der Waals surface area contributed by atoms with Gasteiger partial charge in [-0.2, -0.15) is 0 Å². The maximum absolute atomic E-state index is 12.3. The Kier molecular flexibility index (Phi) is 4.90. The fourth-order valence-corrected chi connectivity index (χ4v) is 6.30. The van der Waals surface area contributed by atoms with Crippen molar-refractivity contribution in [2.24, 2.45) is 0 Å². The molecule has 2 aliphatic rings. The van der Waals surface area contributed by atoms with Gasteiger partial charge in [0.1, 0.15) is 11.5 Å². The molecule has 0 aliphatic carbocycles. The molecule has 0 radical (unpaired) electrons. The van der Waals surface area contributed by atoms with Crippen LogP contribution in [0.5, 0.6) is 0 Å². The third kappa shape index (κ3) is 3.87. The summed E-state index contributed by atoms with van der Waals surface area (Å²) in [7, 11) is -2.98. The summed E-state index contributed by atoms with van der Waals surface area (Å²) in [5.74, 6) is 2.36. The molecule has 0 saturated carbocycles. The summed E-state index contributed by atoms with van der Waals surface area (Å²) in [6.45, 7) is 5.33. The average Bonchev–Trinajstić information content (AvgIpc) is 3.17. The van der Waals surface area contributed by atoms with E-state index < -0.39 is 9.84 Å². The van der Waals surface area contributed by atoms with Crippen molar-refractivity contribution < 1.29 is 12.8 Å². The molecule has 4 rings (SSSR count). The van der Waals surface area contributed by atoms with Gasteiger partial charge in [0, 0.05) is 31.7 Å². The Labute approximate surface area is 155 Å². The lowest BCUT2D eigenvalue weighted by molar-refractivity contribution is 0.0370. The topological polar surface area (TPSA) is 53.8 Å². The summed E-state index contributed by atoms with van der Waals surface area (Å²) in [5.41, 5.74) is 1.30. The van der Waals surface area contributed by atoms with Crippen LogP contribution in [0, 0.1) is 6.92 Å².